The molecule has 102 valence electrons. The Kier molecular flexibility index (Phi) is 3.71. The van der Waals surface area contributed by atoms with Crippen molar-refractivity contribution in [1.82, 2.24) is 0 Å². The van der Waals surface area contributed by atoms with E-state index in [2.05, 4.69) is 15.9 Å². The predicted molar refractivity (Wildman–Crippen MR) is 68.1 cm³/mol. The lowest BCUT2D eigenvalue weighted by Gasteiger charge is -2.10. The number of fused-ring (bicyclic) bond motifs is 1. The van der Waals surface area contributed by atoms with Gasteiger partial charge in [-0.1, -0.05) is 27.6 Å². The minimum absolute atomic E-state index is 0.255. The van der Waals surface area contributed by atoms with Crippen molar-refractivity contribution < 1.29 is 23.1 Å². The number of carboxylic acids is 1. The molecule has 0 spiro atoms. The molecule has 2 nitrogen and oxygen atoms in total. The smallest absolute Gasteiger partial charge is 0.416 e. The largest absolute Gasteiger partial charge is 0.481 e. The first-order chi connectivity index (χ1) is 8.82. The van der Waals surface area contributed by atoms with Crippen LogP contribution in [-0.4, -0.2) is 16.4 Å². The molecular formula is C13H10BrF3O2. The number of halogens is 4. The lowest BCUT2D eigenvalue weighted by molar-refractivity contribution is -0.137. The maximum atomic E-state index is 12.7. The fourth-order valence-electron chi connectivity index (χ4n) is 2.21. The topological polar surface area (TPSA) is 37.3 Å². The van der Waals surface area contributed by atoms with E-state index in [4.69, 9.17) is 5.11 Å². The molecule has 1 N–H and O–H groups in total. The Morgan fingerprint density at radius 2 is 2.05 bits per heavy atom. The molecule has 0 unspecified atom stereocenters. The van der Waals surface area contributed by atoms with Crippen LogP contribution in [0.3, 0.4) is 0 Å². The molecule has 0 saturated carbocycles. The molecule has 1 aromatic rings. The molecule has 0 fully saturated rings. The summed E-state index contributed by atoms with van der Waals surface area (Å²) in [4.78, 5) is 10.8. The normalized spacial score (nSPS) is 14.7. The molecule has 1 aliphatic carbocycles. The van der Waals surface area contributed by atoms with Crippen LogP contribution >= 0.6 is 15.9 Å². The Morgan fingerprint density at radius 1 is 1.37 bits per heavy atom. The third-order valence-electron chi connectivity index (χ3n) is 3.08. The molecule has 6 heteroatoms. The van der Waals surface area contributed by atoms with Crippen molar-refractivity contribution in [2.75, 3.05) is 5.33 Å². The van der Waals surface area contributed by atoms with Crippen molar-refractivity contribution in [3.8, 4) is 0 Å². The second kappa shape index (κ2) is 5.00. The zero-order chi connectivity index (χ0) is 14.2. The van der Waals surface area contributed by atoms with Crippen LogP contribution in [0.1, 0.15) is 23.1 Å². The Balaban J connectivity index is 2.49. The van der Waals surface area contributed by atoms with Gasteiger partial charge in [0, 0.05) is 5.33 Å². The maximum Gasteiger partial charge on any atom is 0.416 e. The van der Waals surface area contributed by atoms with Gasteiger partial charge in [-0.3, -0.25) is 4.79 Å². The van der Waals surface area contributed by atoms with Gasteiger partial charge < -0.3 is 5.11 Å². The van der Waals surface area contributed by atoms with E-state index in [1.165, 1.54) is 6.07 Å². The van der Waals surface area contributed by atoms with Crippen LogP contribution in [0.25, 0.3) is 5.57 Å². The third kappa shape index (κ3) is 2.83. The maximum absolute atomic E-state index is 12.7. The number of hydrogen-bond donors (Lipinski definition) is 1. The molecule has 0 bridgehead atoms. The summed E-state index contributed by atoms with van der Waals surface area (Å²) >= 11 is 3.25. The summed E-state index contributed by atoms with van der Waals surface area (Å²) in [5.41, 5.74) is 1.73. The van der Waals surface area contributed by atoms with Gasteiger partial charge >= 0.3 is 12.1 Å². The first kappa shape index (κ1) is 14.1. The van der Waals surface area contributed by atoms with Crippen molar-refractivity contribution in [1.29, 1.82) is 0 Å². The van der Waals surface area contributed by atoms with Crippen molar-refractivity contribution in [3.63, 3.8) is 0 Å². The standard InChI is InChI=1S/C13H10BrF3O2/c14-6-8-3-7-1-2-9(13(15,16)17)4-10(7)11(8)5-12(18)19/h1-2,4H,3,5-6H2,(H,18,19). The fraction of sp³-hybridized carbons (Fsp3) is 0.308. The van der Waals surface area contributed by atoms with Gasteiger partial charge in [0.25, 0.3) is 0 Å². The molecule has 0 aromatic heterocycles. The van der Waals surface area contributed by atoms with E-state index in [9.17, 15) is 18.0 Å². The van der Waals surface area contributed by atoms with Crippen molar-refractivity contribution in [2.45, 2.75) is 19.0 Å². The van der Waals surface area contributed by atoms with Gasteiger partial charge in [-0.15, -0.1) is 0 Å². The molecule has 1 aromatic carbocycles. The minimum atomic E-state index is -4.42. The van der Waals surface area contributed by atoms with E-state index in [1.54, 1.807) is 0 Å². The molecule has 0 radical (unpaired) electrons. The monoisotopic (exact) mass is 334 g/mol. The number of alkyl halides is 4. The molecule has 1 aliphatic rings. The molecule has 0 atom stereocenters. The number of hydrogen-bond acceptors (Lipinski definition) is 1. The molecule has 2 rings (SSSR count). The Labute approximate surface area is 116 Å². The van der Waals surface area contributed by atoms with E-state index >= 15 is 0 Å². The van der Waals surface area contributed by atoms with Gasteiger partial charge in [-0.25, -0.2) is 0 Å². The Hall–Kier alpha value is -1.30. The summed E-state index contributed by atoms with van der Waals surface area (Å²) in [5, 5.41) is 9.33. The van der Waals surface area contributed by atoms with Gasteiger partial charge in [-0.2, -0.15) is 13.2 Å². The highest BCUT2D eigenvalue weighted by Crippen LogP contribution is 2.39. The van der Waals surface area contributed by atoms with E-state index in [1.807, 2.05) is 0 Å². The van der Waals surface area contributed by atoms with Crippen LogP contribution in [0.2, 0.25) is 0 Å². The van der Waals surface area contributed by atoms with Crippen LogP contribution in [0.5, 0.6) is 0 Å². The minimum Gasteiger partial charge on any atom is -0.481 e. The molecule has 0 saturated heterocycles. The van der Waals surface area contributed by atoms with Gasteiger partial charge in [0.15, 0.2) is 0 Å². The number of allylic oxidation sites excluding steroid dienone is 1. The summed E-state index contributed by atoms with van der Waals surface area (Å²) in [6.45, 7) is 0. The quantitative estimate of drug-likeness (QED) is 0.851. The van der Waals surface area contributed by atoms with E-state index < -0.39 is 17.7 Å². The number of rotatable bonds is 3. The van der Waals surface area contributed by atoms with Crippen LogP contribution in [0.15, 0.2) is 23.8 Å². The number of carbonyl (C=O) groups is 1. The second-order valence-corrected chi connectivity index (χ2v) is 4.89. The van der Waals surface area contributed by atoms with Crippen LogP contribution < -0.4 is 0 Å². The van der Waals surface area contributed by atoms with Crippen LogP contribution in [0, 0.1) is 0 Å². The molecule has 0 heterocycles. The molecule has 0 aliphatic heterocycles. The first-order valence-electron chi connectivity index (χ1n) is 5.52. The lowest BCUT2D eigenvalue weighted by atomic mass is 10.00. The average molecular weight is 335 g/mol. The van der Waals surface area contributed by atoms with Crippen molar-refractivity contribution in [2.24, 2.45) is 0 Å². The summed E-state index contributed by atoms with van der Waals surface area (Å²) in [6.07, 6.45) is -4.17. The lowest BCUT2D eigenvalue weighted by Crippen LogP contribution is -2.06. The Morgan fingerprint density at radius 3 is 2.58 bits per heavy atom. The van der Waals surface area contributed by atoms with Crippen LogP contribution in [-0.2, 0) is 17.4 Å². The summed E-state index contributed by atoms with van der Waals surface area (Å²) < 4.78 is 38.0. The number of benzene rings is 1. The summed E-state index contributed by atoms with van der Waals surface area (Å²) in [7, 11) is 0. The van der Waals surface area contributed by atoms with E-state index in [-0.39, 0.29) is 6.42 Å². The van der Waals surface area contributed by atoms with Gasteiger partial charge in [0.05, 0.1) is 12.0 Å². The SMILES string of the molecule is O=C(O)CC1=C(CBr)Cc2ccc(C(F)(F)F)cc21. The third-order valence-corrected chi connectivity index (χ3v) is 3.76. The highest BCUT2D eigenvalue weighted by atomic mass is 79.9. The fourth-order valence-corrected chi connectivity index (χ4v) is 2.75. The molecular weight excluding hydrogens is 325 g/mol. The van der Waals surface area contributed by atoms with Gasteiger partial charge in [0.2, 0.25) is 0 Å². The first-order valence-corrected chi connectivity index (χ1v) is 6.64. The van der Waals surface area contributed by atoms with E-state index in [0.29, 0.717) is 22.9 Å². The number of carboxylic acid groups (broad SMARTS) is 1. The van der Waals surface area contributed by atoms with Gasteiger partial charge in [-0.05, 0) is 35.3 Å². The van der Waals surface area contributed by atoms with Crippen molar-refractivity contribution in [3.05, 3.63) is 40.5 Å². The van der Waals surface area contributed by atoms with E-state index in [0.717, 1.165) is 23.3 Å². The van der Waals surface area contributed by atoms with Gasteiger partial charge in [0.1, 0.15) is 0 Å². The predicted octanol–water partition coefficient (Wildman–Crippen LogP) is 3.88. The van der Waals surface area contributed by atoms with Crippen molar-refractivity contribution >= 4 is 27.5 Å². The zero-order valence-electron chi connectivity index (χ0n) is 9.72. The summed E-state index contributed by atoms with van der Waals surface area (Å²) in [5.74, 6) is -1.04. The highest BCUT2D eigenvalue weighted by molar-refractivity contribution is 9.09. The molecule has 0 amide bonds. The Bertz CT molecular complexity index is 561. The zero-order valence-corrected chi connectivity index (χ0v) is 11.3. The van der Waals surface area contributed by atoms with Crippen LogP contribution in [0.4, 0.5) is 13.2 Å². The number of aliphatic carboxylic acids is 1. The summed E-state index contributed by atoms with van der Waals surface area (Å²) in [6, 6.07) is 3.51. The highest BCUT2D eigenvalue weighted by Gasteiger charge is 2.33. The average Bonchev–Trinajstić information content (AvgIpc) is 2.65. The molecule has 19 heavy (non-hydrogen) atoms. The second-order valence-electron chi connectivity index (χ2n) is 4.33.